The van der Waals surface area contributed by atoms with Crippen LogP contribution in [0.4, 0.5) is 0 Å². The van der Waals surface area contributed by atoms with Crippen LogP contribution in [0.3, 0.4) is 0 Å². The maximum atomic E-state index is 5.33. The Labute approximate surface area is 118 Å². The smallest absolute Gasteiger partial charge is 0.195 e. The Hall–Kier alpha value is -1.42. The second kappa shape index (κ2) is 5.29. The van der Waals surface area contributed by atoms with Gasteiger partial charge in [0, 0.05) is 12.5 Å². The molecule has 0 bridgehead atoms. The Morgan fingerprint density at radius 3 is 2.95 bits per heavy atom. The molecule has 1 unspecified atom stereocenters. The lowest BCUT2D eigenvalue weighted by molar-refractivity contribution is 0.512. The number of hydrogen-bond acceptors (Lipinski definition) is 2. The summed E-state index contributed by atoms with van der Waals surface area (Å²) in [5.74, 6) is 1.63. The van der Waals surface area contributed by atoms with Gasteiger partial charge in [-0.2, -0.15) is 5.10 Å². The van der Waals surface area contributed by atoms with Gasteiger partial charge in [-0.05, 0) is 49.0 Å². The quantitative estimate of drug-likeness (QED) is 0.867. The van der Waals surface area contributed by atoms with E-state index >= 15 is 0 Å². The van der Waals surface area contributed by atoms with Crippen molar-refractivity contribution in [2.75, 3.05) is 0 Å². The molecule has 1 aromatic heterocycles. The molecule has 0 fully saturated rings. The predicted molar refractivity (Wildman–Crippen MR) is 78.9 cm³/mol. The first kappa shape index (κ1) is 12.6. The van der Waals surface area contributed by atoms with Gasteiger partial charge in [0.1, 0.15) is 5.82 Å². The molecule has 0 saturated carbocycles. The van der Waals surface area contributed by atoms with E-state index in [9.17, 15) is 0 Å². The molecule has 1 atom stereocenters. The largest absolute Gasteiger partial charge is 0.304 e. The number of H-pyrrole nitrogens is 1. The summed E-state index contributed by atoms with van der Waals surface area (Å²) in [7, 11) is 0. The van der Waals surface area contributed by atoms with Gasteiger partial charge < -0.3 is 4.57 Å². The van der Waals surface area contributed by atoms with E-state index in [4.69, 9.17) is 12.2 Å². The summed E-state index contributed by atoms with van der Waals surface area (Å²) in [4.78, 5) is 0. The third-order valence-electron chi connectivity index (χ3n) is 3.95. The van der Waals surface area contributed by atoms with Crippen LogP contribution in [0.15, 0.2) is 24.3 Å². The van der Waals surface area contributed by atoms with Gasteiger partial charge in [-0.15, -0.1) is 0 Å². The van der Waals surface area contributed by atoms with Crippen molar-refractivity contribution in [3.8, 4) is 0 Å². The van der Waals surface area contributed by atoms with Gasteiger partial charge in [0.2, 0.25) is 0 Å². The zero-order valence-electron chi connectivity index (χ0n) is 11.2. The minimum atomic E-state index is 0.495. The number of rotatable bonds is 3. The highest BCUT2D eigenvalue weighted by atomic mass is 32.1. The molecule has 1 N–H and O–H groups in total. The van der Waals surface area contributed by atoms with Gasteiger partial charge >= 0.3 is 0 Å². The number of hydrogen-bond donors (Lipinski definition) is 1. The van der Waals surface area contributed by atoms with E-state index in [1.165, 1.54) is 17.5 Å². The van der Waals surface area contributed by atoms with E-state index in [0.29, 0.717) is 5.92 Å². The number of nitrogens with one attached hydrogen (secondary N) is 1. The average molecular weight is 273 g/mol. The van der Waals surface area contributed by atoms with Crippen LogP contribution in [0.25, 0.3) is 0 Å². The summed E-state index contributed by atoms with van der Waals surface area (Å²) in [5, 5.41) is 7.44. The maximum Gasteiger partial charge on any atom is 0.195 e. The third-order valence-corrected chi connectivity index (χ3v) is 4.26. The topological polar surface area (TPSA) is 33.6 Å². The van der Waals surface area contributed by atoms with Gasteiger partial charge in [-0.3, -0.25) is 5.10 Å². The molecule has 0 saturated heterocycles. The molecule has 0 amide bonds. The average Bonchev–Trinajstić information content (AvgIpc) is 2.80. The Bertz CT molecular complexity index is 626. The van der Waals surface area contributed by atoms with E-state index < -0.39 is 0 Å². The summed E-state index contributed by atoms with van der Waals surface area (Å²) in [6.45, 7) is 3.14. The number of fused-ring (bicyclic) bond motifs is 1. The molecule has 1 heterocycles. The predicted octanol–water partition coefficient (Wildman–Crippen LogP) is 3.62. The van der Waals surface area contributed by atoms with Crippen LogP contribution >= 0.6 is 12.2 Å². The Morgan fingerprint density at radius 1 is 1.37 bits per heavy atom. The molecule has 3 rings (SSSR count). The lowest BCUT2D eigenvalue weighted by Gasteiger charge is -2.24. The number of aromatic nitrogens is 3. The zero-order chi connectivity index (χ0) is 13.2. The molecule has 4 heteroatoms. The number of aromatic amines is 1. The highest BCUT2D eigenvalue weighted by Crippen LogP contribution is 2.31. The number of nitrogens with zero attached hydrogens (tertiary/aromatic N) is 2. The SMILES string of the molecule is CCCn1c(C2CCc3ccccc3C2)n[nH]c1=S. The summed E-state index contributed by atoms with van der Waals surface area (Å²) in [6, 6.07) is 8.75. The Morgan fingerprint density at radius 2 is 2.16 bits per heavy atom. The van der Waals surface area contributed by atoms with Gasteiger partial charge in [-0.1, -0.05) is 31.2 Å². The van der Waals surface area contributed by atoms with E-state index in [1.54, 1.807) is 0 Å². The highest BCUT2D eigenvalue weighted by Gasteiger charge is 2.24. The van der Waals surface area contributed by atoms with Crippen LogP contribution in [0.1, 0.15) is 42.6 Å². The zero-order valence-corrected chi connectivity index (χ0v) is 12.0. The van der Waals surface area contributed by atoms with Crippen LogP contribution in [0, 0.1) is 4.77 Å². The van der Waals surface area contributed by atoms with Gasteiger partial charge in [0.15, 0.2) is 4.77 Å². The first-order chi connectivity index (χ1) is 9.29. The van der Waals surface area contributed by atoms with Crippen molar-refractivity contribution in [2.45, 2.75) is 45.1 Å². The molecule has 1 aromatic carbocycles. The van der Waals surface area contributed by atoms with Crippen molar-refractivity contribution < 1.29 is 0 Å². The van der Waals surface area contributed by atoms with Crippen molar-refractivity contribution in [1.82, 2.24) is 14.8 Å². The maximum absolute atomic E-state index is 5.33. The number of aryl methyl sites for hydroxylation is 1. The molecule has 100 valence electrons. The molecule has 1 aliphatic rings. The minimum Gasteiger partial charge on any atom is -0.304 e. The fourth-order valence-corrected chi connectivity index (χ4v) is 3.23. The molecule has 0 spiro atoms. The first-order valence-corrected chi connectivity index (χ1v) is 7.42. The fraction of sp³-hybridized carbons (Fsp3) is 0.467. The van der Waals surface area contributed by atoms with E-state index in [2.05, 4.69) is 46.0 Å². The highest BCUT2D eigenvalue weighted by molar-refractivity contribution is 7.71. The molecule has 2 aromatic rings. The van der Waals surface area contributed by atoms with Crippen LogP contribution in [-0.2, 0) is 19.4 Å². The second-order valence-electron chi connectivity index (χ2n) is 5.25. The molecule has 3 nitrogen and oxygen atoms in total. The van der Waals surface area contributed by atoms with Crippen LogP contribution in [-0.4, -0.2) is 14.8 Å². The van der Waals surface area contributed by atoms with Crippen molar-refractivity contribution >= 4 is 12.2 Å². The molecule has 19 heavy (non-hydrogen) atoms. The lowest BCUT2D eigenvalue weighted by atomic mass is 9.83. The molecular formula is C15H19N3S. The summed E-state index contributed by atoms with van der Waals surface area (Å²) < 4.78 is 2.93. The lowest BCUT2D eigenvalue weighted by Crippen LogP contribution is -2.17. The van der Waals surface area contributed by atoms with E-state index in [1.807, 2.05) is 0 Å². The first-order valence-electron chi connectivity index (χ1n) is 7.01. The molecule has 1 aliphatic carbocycles. The number of benzene rings is 1. The summed E-state index contributed by atoms with van der Waals surface area (Å²) in [5.41, 5.74) is 2.96. The van der Waals surface area contributed by atoms with Crippen LogP contribution in [0.5, 0.6) is 0 Å². The Kier molecular flexibility index (Phi) is 3.51. The second-order valence-corrected chi connectivity index (χ2v) is 5.63. The van der Waals surface area contributed by atoms with E-state index in [-0.39, 0.29) is 0 Å². The van der Waals surface area contributed by atoms with Crippen LogP contribution < -0.4 is 0 Å². The standard InChI is InChI=1S/C15H19N3S/c1-2-9-18-14(16-17-15(18)19)13-8-7-11-5-3-4-6-12(11)10-13/h3-6,13H,2,7-10H2,1H3,(H,17,19). The van der Waals surface area contributed by atoms with Crippen molar-refractivity contribution in [3.05, 3.63) is 46.0 Å². The van der Waals surface area contributed by atoms with Crippen molar-refractivity contribution in [2.24, 2.45) is 0 Å². The molecule has 0 radical (unpaired) electrons. The monoisotopic (exact) mass is 273 g/mol. The normalized spacial score (nSPS) is 18.3. The van der Waals surface area contributed by atoms with Crippen LogP contribution in [0.2, 0.25) is 0 Å². The minimum absolute atomic E-state index is 0.495. The fourth-order valence-electron chi connectivity index (χ4n) is 3.00. The van der Waals surface area contributed by atoms with Gasteiger partial charge in [0.05, 0.1) is 0 Å². The van der Waals surface area contributed by atoms with E-state index in [0.717, 1.165) is 36.4 Å². The summed E-state index contributed by atoms with van der Waals surface area (Å²) >= 11 is 5.33. The van der Waals surface area contributed by atoms with Gasteiger partial charge in [-0.25, -0.2) is 0 Å². The third kappa shape index (κ3) is 2.37. The van der Waals surface area contributed by atoms with Gasteiger partial charge in [0.25, 0.3) is 0 Å². The molecular weight excluding hydrogens is 254 g/mol. The Balaban J connectivity index is 1.91. The molecule has 0 aliphatic heterocycles. The summed E-state index contributed by atoms with van der Waals surface area (Å²) in [6.07, 6.45) is 4.48. The van der Waals surface area contributed by atoms with Crippen molar-refractivity contribution in [3.63, 3.8) is 0 Å². The van der Waals surface area contributed by atoms with Crippen molar-refractivity contribution in [1.29, 1.82) is 0 Å².